The summed E-state index contributed by atoms with van der Waals surface area (Å²) in [7, 11) is 0. The van der Waals surface area contributed by atoms with Gasteiger partial charge < -0.3 is 0 Å². The minimum atomic E-state index is 0.483. The molecule has 1 fully saturated rings. The van der Waals surface area contributed by atoms with Crippen LogP contribution in [0.2, 0.25) is 0 Å². The van der Waals surface area contributed by atoms with Crippen LogP contribution in [0.3, 0.4) is 0 Å². The van der Waals surface area contributed by atoms with Gasteiger partial charge in [0.2, 0.25) is 0 Å². The lowest BCUT2D eigenvalue weighted by Gasteiger charge is -2.36. The van der Waals surface area contributed by atoms with Crippen molar-refractivity contribution in [1.29, 1.82) is 0 Å². The van der Waals surface area contributed by atoms with Gasteiger partial charge in [0.1, 0.15) is 0 Å². The number of rotatable bonds is 2. The molecule has 1 nitrogen and oxygen atoms in total. The smallest absolute Gasteiger partial charge is 0.0959 e. The van der Waals surface area contributed by atoms with E-state index in [4.69, 9.17) is 4.98 Å². The van der Waals surface area contributed by atoms with Crippen molar-refractivity contribution in [1.82, 2.24) is 4.98 Å². The van der Waals surface area contributed by atoms with Crippen molar-refractivity contribution in [2.45, 2.75) is 72.1 Å². The Labute approximate surface area is 116 Å². The molecule has 1 aliphatic rings. The van der Waals surface area contributed by atoms with E-state index in [2.05, 4.69) is 40.0 Å². The van der Waals surface area contributed by atoms with Crippen molar-refractivity contribution >= 4 is 11.3 Å². The lowest BCUT2D eigenvalue weighted by atomic mass is 9.70. The molecule has 0 radical (unpaired) electrons. The molecule has 0 unspecified atom stereocenters. The first-order chi connectivity index (χ1) is 8.38. The summed E-state index contributed by atoms with van der Waals surface area (Å²) < 4.78 is 0. The van der Waals surface area contributed by atoms with Gasteiger partial charge in [-0.05, 0) is 42.9 Å². The Bertz CT molecular complexity index is 378. The van der Waals surface area contributed by atoms with Crippen LogP contribution in [0.15, 0.2) is 5.38 Å². The van der Waals surface area contributed by atoms with Gasteiger partial charge in [0.15, 0.2) is 0 Å². The number of hydrogen-bond donors (Lipinski definition) is 0. The van der Waals surface area contributed by atoms with E-state index in [0.29, 0.717) is 11.3 Å². The molecule has 2 rings (SSSR count). The Balaban J connectivity index is 1.97. The van der Waals surface area contributed by atoms with Crippen LogP contribution in [0.4, 0.5) is 0 Å². The third-order valence-electron chi connectivity index (χ3n) is 4.43. The maximum atomic E-state index is 4.84. The summed E-state index contributed by atoms with van der Waals surface area (Å²) in [4.78, 5) is 4.84. The molecule has 0 N–H and O–H groups in total. The topological polar surface area (TPSA) is 12.9 Å². The molecule has 0 amide bonds. The quantitative estimate of drug-likeness (QED) is 0.679. The molecule has 1 aromatic rings. The van der Waals surface area contributed by atoms with E-state index in [1.165, 1.54) is 36.4 Å². The Hall–Kier alpha value is -0.370. The predicted octanol–water partition coefficient (Wildman–Crippen LogP) is 5.59. The first-order valence-electron chi connectivity index (χ1n) is 7.33. The molecule has 1 aromatic heterocycles. The highest BCUT2D eigenvalue weighted by atomic mass is 32.1. The van der Waals surface area contributed by atoms with Crippen LogP contribution in [-0.2, 0) is 0 Å². The molecule has 0 saturated heterocycles. The maximum Gasteiger partial charge on any atom is 0.0959 e. The molecule has 2 heteroatoms. The fraction of sp³-hybridized carbons (Fsp3) is 0.812. The standard InChI is InChI=1S/C16H27NS/c1-11(2)14-10-18-15(17-14)12-6-8-13(9-7-12)16(3,4)5/h10-13H,6-9H2,1-5H3. The van der Waals surface area contributed by atoms with Gasteiger partial charge in [-0.2, -0.15) is 0 Å². The molecule has 0 aromatic carbocycles. The van der Waals surface area contributed by atoms with Crippen molar-refractivity contribution < 1.29 is 0 Å². The first kappa shape index (κ1) is 14.0. The molecule has 0 spiro atoms. The molecule has 18 heavy (non-hydrogen) atoms. The summed E-state index contributed by atoms with van der Waals surface area (Å²) in [5.74, 6) is 2.21. The minimum absolute atomic E-state index is 0.483. The Morgan fingerprint density at radius 2 is 1.78 bits per heavy atom. The zero-order valence-corrected chi connectivity index (χ0v) is 13.3. The Kier molecular flexibility index (Phi) is 4.15. The van der Waals surface area contributed by atoms with Gasteiger partial charge in [-0.15, -0.1) is 11.3 Å². The average Bonchev–Trinajstić information content (AvgIpc) is 2.77. The summed E-state index contributed by atoms with van der Waals surface area (Å²) in [6.45, 7) is 11.6. The number of aromatic nitrogens is 1. The van der Waals surface area contributed by atoms with Crippen molar-refractivity contribution in [3.63, 3.8) is 0 Å². The van der Waals surface area contributed by atoms with Crippen LogP contribution in [0.5, 0.6) is 0 Å². The van der Waals surface area contributed by atoms with Gasteiger partial charge in [0, 0.05) is 11.3 Å². The third kappa shape index (κ3) is 3.14. The minimum Gasteiger partial charge on any atom is -0.246 e. The second-order valence-electron chi connectivity index (χ2n) is 7.18. The van der Waals surface area contributed by atoms with Crippen molar-refractivity contribution in [3.8, 4) is 0 Å². The molecule has 0 bridgehead atoms. The number of thiazole rings is 1. The highest BCUT2D eigenvalue weighted by Gasteiger charge is 2.31. The molecule has 1 aliphatic carbocycles. The Morgan fingerprint density at radius 3 is 2.22 bits per heavy atom. The number of nitrogens with zero attached hydrogens (tertiary/aromatic N) is 1. The largest absolute Gasteiger partial charge is 0.246 e. The van der Waals surface area contributed by atoms with Gasteiger partial charge >= 0.3 is 0 Å². The SMILES string of the molecule is CC(C)c1csc(C2CCC(C(C)(C)C)CC2)n1. The molecule has 102 valence electrons. The average molecular weight is 265 g/mol. The number of hydrogen-bond acceptors (Lipinski definition) is 2. The van der Waals surface area contributed by atoms with E-state index in [-0.39, 0.29) is 0 Å². The van der Waals surface area contributed by atoms with Gasteiger partial charge in [-0.1, -0.05) is 34.6 Å². The fourth-order valence-corrected chi connectivity index (χ4v) is 4.11. The van der Waals surface area contributed by atoms with E-state index in [1.54, 1.807) is 0 Å². The monoisotopic (exact) mass is 265 g/mol. The molecule has 1 heterocycles. The van der Waals surface area contributed by atoms with E-state index < -0.39 is 0 Å². The summed E-state index contributed by atoms with van der Waals surface area (Å²) in [5, 5.41) is 3.65. The van der Waals surface area contributed by atoms with Crippen LogP contribution in [0.25, 0.3) is 0 Å². The molecule has 0 atom stereocenters. The second kappa shape index (κ2) is 5.32. The highest BCUT2D eigenvalue weighted by molar-refractivity contribution is 7.09. The molecular weight excluding hydrogens is 238 g/mol. The molecular formula is C16H27NS. The maximum absolute atomic E-state index is 4.84. The Morgan fingerprint density at radius 1 is 1.17 bits per heavy atom. The summed E-state index contributed by atoms with van der Waals surface area (Å²) in [6, 6.07) is 0. The molecule has 1 saturated carbocycles. The lowest BCUT2D eigenvalue weighted by molar-refractivity contribution is 0.169. The van der Waals surface area contributed by atoms with E-state index in [1.807, 2.05) is 11.3 Å². The van der Waals surface area contributed by atoms with E-state index in [9.17, 15) is 0 Å². The van der Waals surface area contributed by atoms with Crippen molar-refractivity contribution in [2.75, 3.05) is 0 Å². The normalized spacial score (nSPS) is 25.7. The van der Waals surface area contributed by atoms with Crippen LogP contribution in [0.1, 0.15) is 82.8 Å². The zero-order chi connectivity index (χ0) is 13.3. The van der Waals surface area contributed by atoms with Crippen LogP contribution in [0, 0.1) is 11.3 Å². The van der Waals surface area contributed by atoms with Gasteiger partial charge in [-0.3, -0.25) is 0 Å². The van der Waals surface area contributed by atoms with Crippen LogP contribution in [-0.4, -0.2) is 4.98 Å². The van der Waals surface area contributed by atoms with Gasteiger partial charge in [-0.25, -0.2) is 4.98 Å². The predicted molar refractivity (Wildman–Crippen MR) is 80.4 cm³/mol. The van der Waals surface area contributed by atoms with E-state index >= 15 is 0 Å². The fourth-order valence-electron chi connectivity index (χ4n) is 2.96. The highest BCUT2D eigenvalue weighted by Crippen LogP contribution is 2.43. The van der Waals surface area contributed by atoms with Crippen molar-refractivity contribution in [2.24, 2.45) is 11.3 Å². The summed E-state index contributed by atoms with van der Waals surface area (Å²) in [5.41, 5.74) is 1.77. The first-order valence-corrected chi connectivity index (χ1v) is 8.21. The van der Waals surface area contributed by atoms with Gasteiger partial charge in [0.25, 0.3) is 0 Å². The van der Waals surface area contributed by atoms with Gasteiger partial charge in [0.05, 0.1) is 10.7 Å². The lowest BCUT2D eigenvalue weighted by Crippen LogP contribution is -2.25. The summed E-state index contributed by atoms with van der Waals surface area (Å²) >= 11 is 1.88. The second-order valence-corrected chi connectivity index (χ2v) is 8.07. The zero-order valence-electron chi connectivity index (χ0n) is 12.5. The van der Waals surface area contributed by atoms with E-state index in [0.717, 1.165) is 11.8 Å². The summed E-state index contributed by atoms with van der Waals surface area (Å²) in [6.07, 6.45) is 5.44. The third-order valence-corrected chi connectivity index (χ3v) is 5.46. The van der Waals surface area contributed by atoms with Crippen LogP contribution < -0.4 is 0 Å². The van der Waals surface area contributed by atoms with Crippen molar-refractivity contribution in [3.05, 3.63) is 16.1 Å². The molecule has 0 aliphatic heterocycles. The van der Waals surface area contributed by atoms with Crippen LogP contribution >= 0.6 is 11.3 Å².